The second-order valence-electron chi connectivity index (χ2n) is 7.93. The van der Waals surface area contributed by atoms with Crippen LogP contribution in [0.15, 0.2) is 30.5 Å². The number of hydrogen-bond donors (Lipinski definition) is 2. The van der Waals surface area contributed by atoms with E-state index in [9.17, 15) is 19.2 Å². The van der Waals surface area contributed by atoms with Crippen LogP contribution < -0.4 is 10.6 Å². The number of aryl methyl sites for hydroxylation is 2. The molecular formula is C23H24N4O5. The number of ether oxygens (including phenoxy) is 1. The van der Waals surface area contributed by atoms with E-state index in [0.29, 0.717) is 29.8 Å². The molecule has 2 aliphatic heterocycles. The van der Waals surface area contributed by atoms with Crippen molar-refractivity contribution in [2.45, 2.75) is 52.3 Å². The Morgan fingerprint density at radius 1 is 1.28 bits per heavy atom. The lowest BCUT2D eigenvalue weighted by Crippen LogP contribution is -2.52. The SMILES string of the molecule is CCc1ncc(NC(=O)OCc2ccc3c(c2)C(=O)N(C2CCC(=O)NC2=O)C3)cc1C. The Morgan fingerprint density at radius 3 is 2.81 bits per heavy atom. The maximum atomic E-state index is 12.9. The van der Waals surface area contributed by atoms with Gasteiger partial charge in [0, 0.05) is 24.2 Å². The van der Waals surface area contributed by atoms with Gasteiger partial charge >= 0.3 is 6.09 Å². The van der Waals surface area contributed by atoms with Crippen LogP contribution in [0.4, 0.5) is 10.5 Å². The molecule has 2 aliphatic rings. The van der Waals surface area contributed by atoms with E-state index in [1.54, 1.807) is 24.4 Å². The van der Waals surface area contributed by atoms with Crippen LogP contribution in [-0.2, 0) is 33.9 Å². The molecule has 1 fully saturated rings. The maximum Gasteiger partial charge on any atom is 0.412 e. The number of piperidine rings is 1. The predicted molar refractivity (Wildman–Crippen MR) is 115 cm³/mol. The molecule has 0 saturated carbocycles. The minimum absolute atomic E-state index is 0.00966. The number of benzene rings is 1. The summed E-state index contributed by atoms with van der Waals surface area (Å²) >= 11 is 0. The molecule has 2 N–H and O–H groups in total. The third kappa shape index (κ3) is 4.32. The molecule has 0 bridgehead atoms. The molecule has 0 aliphatic carbocycles. The summed E-state index contributed by atoms with van der Waals surface area (Å²) in [5, 5.41) is 4.94. The Labute approximate surface area is 185 Å². The highest BCUT2D eigenvalue weighted by Crippen LogP contribution is 2.28. The average Bonchev–Trinajstić information content (AvgIpc) is 3.08. The van der Waals surface area contributed by atoms with Gasteiger partial charge < -0.3 is 9.64 Å². The monoisotopic (exact) mass is 436 g/mol. The van der Waals surface area contributed by atoms with Crippen molar-refractivity contribution in [3.8, 4) is 0 Å². The number of aromatic nitrogens is 1. The van der Waals surface area contributed by atoms with Crippen LogP contribution in [0.1, 0.15) is 52.5 Å². The summed E-state index contributed by atoms with van der Waals surface area (Å²) in [6.45, 7) is 4.25. The molecule has 9 heteroatoms. The third-order valence-corrected chi connectivity index (χ3v) is 5.73. The number of pyridine rings is 1. The van der Waals surface area contributed by atoms with E-state index in [2.05, 4.69) is 15.6 Å². The molecule has 4 amide bonds. The van der Waals surface area contributed by atoms with Gasteiger partial charge in [0.25, 0.3) is 5.91 Å². The minimum Gasteiger partial charge on any atom is -0.444 e. The zero-order valence-corrected chi connectivity index (χ0v) is 17.9. The van der Waals surface area contributed by atoms with Crippen molar-refractivity contribution in [3.05, 3.63) is 58.4 Å². The molecule has 32 heavy (non-hydrogen) atoms. The van der Waals surface area contributed by atoms with Crippen LogP contribution in [0.5, 0.6) is 0 Å². The van der Waals surface area contributed by atoms with Crippen molar-refractivity contribution < 1.29 is 23.9 Å². The highest BCUT2D eigenvalue weighted by molar-refractivity contribution is 6.05. The number of nitrogens with one attached hydrogen (secondary N) is 2. The van der Waals surface area contributed by atoms with E-state index in [0.717, 1.165) is 23.2 Å². The summed E-state index contributed by atoms with van der Waals surface area (Å²) in [5.74, 6) is -1.03. The number of nitrogens with zero attached hydrogens (tertiary/aromatic N) is 2. The van der Waals surface area contributed by atoms with Gasteiger partial charge in [-0.1, -0.05) is 19.1 Å². The van der Waals surface area contributed by atoms with Crippen LogP contribution in [0.3, 0.4) is 0 Å². The fraction of sp³-hybridized carbons (Fsp3) is 0.348. The van der Waals surface area contributed by atoms with Gasteiger partial charge in [0.1, 0.15) is 12.6 Å². The minimum atomic E-state index is -0.658. The molecule has 166 valence electrons. The second kappa shape index (κ2) is 8.78. The van der Waals surface area contributed by atoms with Crippen molar-refractivity contribution in [1.82, 2.24) is 15.2 Å². The van der Waals surface area contributed by atoms with E-state index in [1.165, 1.54) is 4.90 Å². The van der Waals surface area contributed by atoms with Crippen LogP contribution in [0, 0.1) is 6.92 Å². The molecule has 9 nitrogen and oxygen atoms in total. The lowest BCUT2D eigenvalue weighted by Gasteiger charge is -2.29. The van der Waals surface area contributed by atoms with Gasteiger partial charge in [0.15, 0.2) is 0 Å². The lowest BCUT2D eigenvalue weighted by atomic mass is 10.0. The van der Waals surface area contributed by atoms with Crippen molar-refractivity contribution in [2.75, 3.05) is 5.32 Å². The Hall–Kier alpha value is -3.75. The summed E-state index contributed by atoms with van der Waals surface area (Å²) in [5.41, 5.74) is 4.44. The van der Waals surface area contributed by atoms with Crippen molar-refractivity contribution in [1.29, 1.82) is 0 Å². The zero-order valence-electron chi connectivity index (χ0n) is 17.9. The van der Waals surface area contributed by atoms with E-state index in [-0.39, 0.29) is 24.8 Å². The Balaban J connectivity index is 1.37. The molecular weight excluding hydrogens is 412 g/mol. The Bertz CT molecular complexity index is 1110. The number of carbonyl (C=O) groups is 4. The number of imide groups is 1. The van der Waals surface area contributed by atoms with Gasteiger partial charge in [-0.15, -0.1) is 0 Å². The molecule has 1 saturated heterocycles. The molecule has 3 heterocycles. The van der Waals surface area contributed by atoms with Crippen molar-refractivity contribution in [3.63, 3.8) is 0 Å². The molecule has 4 rings (SSSR count). The fourth-order valence-corrected chi connectivity index (χ4v) is 4.04. The molecule has 1 aromatic carbocycles. The quantitative estimate of drug-likeness (QED) is 0.696. The third-order valence-electron chi connectivity index (χ3n) is 5.73. The smallest absolute Gasteiger partial charge is 0.412 e. The van der Waals surface area contributed by atoms with E-state index in [1.807, 2.05) is 19.9 Å². The van der Waals surface area contributed by atoms with Crippen LogP contribution in [0.2, 0.25) is 0 Å². The Kier molecular flexibility index (Phi) is 5.89. The van der Waals surface area contributed by atoms with Gasteiger partial charge in [0.2, 0.25) is 11.8 Å². The highest BCUT2D eigenvalue weighted by atomic mass is 16.5. The first-order valence-corrected chi connectivity index (χ1v) is 10.5. The van der Waals surface area contributed by atoms with Gasteiger partial charge in [0.05, 0.1) is 11.9 Å². The largest absolute Gasteiger partial charge is 0.444 e. The van der Waals surface area contributed by atoms with Crippen molar-refractivity contribution >= 4 is 29.5 Å². The molecule has 1 atom stereocenters. The average molecular weight is 436 g/mol. The van der Waals surface area contributed by atoms with Crippen molar-refractivity contribution in [2.24, 2.45) is 0 Å². The molecule has 2 aromatic rings. The van der Waals surface area contributed by atoms with Gasteiger partial charge in [-0.05, 0) is 48.6 Å². The summed E-state index contributed by atoms with van der Waals surface area (Å²) in [7, 11) is 0. The zero-order chi connectivity index (χ0) is 22.8. The van der Waals surface area contributed by atoms with Crippen LogP contribution in [-0.4, -0.2) is 39.7 Å². The Morgan fingerprint density at radius 2 is 2.09 bits per heavy atom. The molecule has 1 unspecified atom stereocenters. The normalized spacial score (nSPS) is 17.8. The summed E-state index contributed by atoms with van der Waals surface area (Å²) in [6.07, 6.45) is 2.31. The number of carbonyl (C=O) groups excluding carboxylic acids is 4. The summed E-state index contributed by atoms with van der Waals surface area (Å²) in [6, 6.07) is 6.44. The van der Waals surface area contributed by atoms with Crippen LogP contribution in [0.25, 0.3) is 0 Å². The highest BCUT2D eigenvalue weighted by Gasteiger charge is 2.39. The first kappa shape index (κ1) is 21.5. The number of amides is 4. The topological polar surface area (TPSA) is 118 Å². The van der Waals surface area contributed by atoms with E-state index >= 15 is 0 Å². The predicted octanol–water partition coefficient (Wildman–Crippen LogP) is 2.46. The van der Waals surface area contributed by atoms with Gasteiger partial charge in [-0.3, -0.25) is 30.0 Å². The van der Waals surface area contributed by atoms with Gasteiger partial charge in [-0.2, -0.15) is 0 Å². The maximum absolute atomic E-state index is 12.9. The van der Waals surface area contributed by atoms with E-state index in [4.69, 9.17) is 4.74 Å². The second-order valence-corrected chi connectivity index (χ2v) is 7.93. The number of hydrogen-bond acceptors (Lipinski definition) is 6. The number of rotatable bonds is 5. The number of fused-ring (bicyclic) bond motifs is 1. The lowest BCUT2D eigenvalue weighted by molar-refractivity contribution is -0.136. The molecule has 0 radical (unpaired) electrons. The molecule has 0 spiro atoms. The first-order chi connectivity index (χ1) is 15.4. The summed E-state index contributed by atoms with van der Waals surface area (Å²) in [4.78, 5) is 54.4. The fourth-order valence-electron chi connectivity index (χ4n) is 4.04. The van der Waals surface area contributed by atoms with Crippen LogP contribution >= 0.6 is 0 Å². The summed E-state index contributed by atoms with van der Waals surface area (Å²) < 4.78 is 5.29. The first-order valence-electron chi connectivity index (χ1n) is 10.5. The van der Waals surface area contributed by atoms with Gasteiger partial charge in [-0.25, -0.2) is 4.79 Å². The van der Waals surface area contributed by atoms with E-state index < -0.39 is 18.0 Å². The number of anilines is 1. The molecule has 1 aromatic heterocycles. The standard InChI is InChI=1S/C23H24N4O5/c1-3-18-13(2)8-16(10-24-18)25-23(31)32-12-14-4-5-15-11-27(22(30)17(15)9-14)19-6-7-20(28)26-21(19)29/h4-5,8-10,19H,3,6-7,11-12H2,1-2H3,(H,25,31)(H,26,28,29).